The van der Waals surface area contributed by atoms with E-state index in [2.05, 4.69) is 81.5 Å². The van der Waals surface area contributed by atoms with E-state index in [-0.39, 0.29) is 31.1 Å². The Morgan fingerprint density at radius 2 is 0.722 bits per heavy atom. The molecule has 0 aromatic carbocycles. The summed E-state index contributed by atoms with van der Waals surface area (Å²) in [5, 5.41) is 0. The lowest BCUT2D eigenvalue weighted by Gasteiger charge is -2.18. The molecule has 0 aliphatic carbocycles. The predicted octanol–water partition coefficient (Wildman–Crippen LogP) is 14.1. The number of hydrogen-bond donors (Lipinski definition) is 0. The summed E-state index contributed by atoms with van der Waals surface area (Å²) in [5.74, 6) is -0.914. The third-order valence-corrected chi connectivity index (χ3v) is 9.29. The molecular weight excluding hydrogens is 673 g/mol. The minimum atomic E-state index is -0.774. The summed E-state index contributed by atoms with van der Waals surface area (Å²) in [5.41, 5.74) is 0. The van der Waals surface area contributed by atoms with Crippen molar-refractivity contribution in [2.45, 2.75) is 213 Å². The smallest absolute Gasteiger partial charge is 0.306 e. The molecule has 0 amide bonds. The van der Waals surface area contributed by atoms with E-state index in [9.17, 15) is 14.4 Å². The highest BCUT2D eigenvalue weighted by Crippen LogP contribution is 2.13. The lowest BCUT2D eigenvalue weighted by Crippen LogP contribution is -2.30. The van der Waals surface area contributed by atoms with Crippen LogP contribution in [0.1, 0.15) is 207 Å². The number of unbranched alkanes of at least 4 members (excludes halogenated alkanes) is 18. The van der Waals surface area contributed by atoms with Crippen LogP contribution in [0.25, 0.3) is 0 Å². The molecule has 0 N–H and O–H groups in total. The van der Waals surface area contributed by atoms with Crippen molar-refractivity contribution in [1.82, 2.24) is 0 Å². The van der Waals surface area contributed by atoms with Gasteiger partial charge in [0.1, 0.15) is 13.2 Å². The fourth-order valence-electron chi connectivity index (χ4n) is 5.94. The van der Waals surface area contributed by atoms with E-state index in [4.69, 9.17) is 14.2 Å². The molecule has 6 nitrogen and oxygen atoms in total. The molecule has 310 valence electrons. The van der Waals surface area contributed by atoms with E-state index in [1.807, 2.05) is 0 Å². The van der Waals surface area contributed by atoms with Gasteiger partial charge in [-0.25, -0.2) is 0 Å². The second kappa shape index (κ2) is 42.8. The van der Waals surface area contributed by atoms with Crippen molar-refractivity contribution in [3.63, 3.8) is 0 Å². The maximum atomic E-state index is 12.6. The monoisotopic (exact) mass is 755 g/mol. The molecule has 6 heteroatoms. The van der Waals surface area contributed by atoms with Gasteiger partial charge in [0.05, 0.1) is 0 Å². The van der Waals surface area contributed by atoms with Crippen molar-refractivity contribution in [2.75, 3.05) is 13.2 Å². The first-order valence-electron chi connectivity index (χ1n) is 22.3. The van der Waals surface area contributed by atoms with Crippen LogP contribution in [0.15, 0.2) is 60.8 Å². The zero-order valence-electron chi connectivity index (χ0n) is 35.2. The second-order valence-electron chi connectivity index (χ2n) is 14.6. The van der Waals surface area contributed by atoms with Gasteiger partial charge in [-0.1, -0.05) is 184 Å². The van der Waals surface area contributed by atoms with Crippen LogP contribution in [0.4, 0.5) is 0 Å². The largest absolute Gasteiger partial charge is 0.462 e. The van der Waals surface area contributed by atoms with Crippen LogP contribution in [-0.4, -0.2) is 37.2 Å². The van der Waals surface area contributed by atoms with Gasteiger partial charge in [0.25, 0.3) is 0 Å². The molecule has 0 aliphatic rings. The fourth-order valence-corrected chi connectivity index (χ4v) is 5.94. The van der Waals surface area contributed by atoms with Crippen LogP contribution in [0.2, 0.25) is 0 Å². The van der Waals surface area contributed by atoms with E-state index in [0.717, 1.165) is 109 Å². The number of carbonyl (C=O) groups excluding carboxylic acids is 3. The van der Waals surface area contributed by atoms with Gasteiger partial charge in [-0.05, 0) is 64.2 Å². The van der Waals surface area contributed by atoms with Gasteiger partial charge in [-0.2, -0.15) is 0 Å². The quantitative estimate of drug-likeness (QED) is 0.0269. The molecule has 0 heterocycles. The van der Waals surface area contributed by atoms with Crippen molar-refractivity contribution in [3.8, 4) is 0 Å². The standard InChI is InChI=1S/C48H82O6/c1-4-7-10-13-16-18-19-20-21-22-23-24-25-26-27-28-29-30-33-35-38-41-47(50)53-44-45(43-52-46(49)40-37-34-31-15-12-9-6-3)54-48(51)42-39-36-32-17-14-11-8-5-2/h7,10,16,18,20-21,23-24,26-27,45H,4-6,8-9,11-15,17,19,22,25,28-44H2,1-3H3/b10-7-,18-16-,21-20-,24-23-,27-26-. The third kappa shape index (κ3) is 40.3. The molecule has 0 fully saturated rings. The van der Waals surface area contributed by atoms with Gasteiger partial charge in [0.2, 0.25) is 0 Å². The minimum Gasteiger partial charge on any atom is -0.462 e. The van der Waals surface area contributed by atoms with Crippen molar-refractivity contribution < 1.29 is 28.6 Å². The molecule has 0 aliphatic heterocycles. The molecule has 0 bridgehead atoms. The summed E-state index contributed by atoms with van der Waals surface area (Å²) in [6.45, 7) is 6.41. The fraction of sp³-hybridized carbons (Fsp3) is 0.729. The normalized spacial score (nSPS) is 12.6. The lowest BCUT2D eigenvalue weighted by atomic mass is 10.1. The number of ether oxygens (including phenoxy) is 3. The van der Waals surface area contributed by atoms with Gasteiger partial charge in [0.15, 0.2) is 6.10 Å². The number of esters is 3. The molecule has 1 atom stereocenters. The van der Waals surface area contributed by atoms with Gasteiger partial charge in [0, 0.05) is 19.3 Å². The zero-order valence-corrected chi connectivity index (χ0v) is 35.2. The molecular formula is C48H82O6. The maximum Gasteiger partial charge on any atom is 0.306 e. The number of allylic oxidation sites excluding steroid dienone is 10. The van der Waals surface area contributed by atoms with Gasteiger partial charge >= 0.3 is 17.9 Å². The molecule has 0 aromatic rings. The summed E-state index contributed by atoms with van der Waals surface area (Å²) >= 11 is 0. The van der Waals surface area contributed by atoms with Crippen LogP contribution in [0.5, 0.6) is 0 Å². The second-order valence-corrected chi connectivity index (χ2v) is 14.6. The summed E-state index contributed by atoms with van der Waals surface area (Å²) in [6.07, 6.45) is 50.8. The van der Waals surface area contributed by atoms with Crippen molar-refractivity contribution in [1.29, 1.82) is 0 Å². The Morgan fingerprint density at radius 3 is 1.13 bits per heavy atom. The number of carbonyl (C=O) groups is 3. The Bertz CT molecular complexity index is 1010. The minimum absolute atomic E-state index is 0.0797. The van der Waals surface area contributed by atoms with Gasteiger partial charge in [-0.3, -0.25) is 14.4 Å². The summed E-state index contributed by atoms with van der Waals surface area (Å²) < 4.78 is 16.6. The lowest BCUT2D eigenvalue weighted by molar-refractivity contribution is -0.167. The van der Waals surface area contributed by atoms with Crippen LogP contribution < -0.4 is 0 Å². The van der Waals surface area contributed by atoms with Crippen LogP contribution >= 0.6 is 0 Å². The first kappa shape index (κ1) is 51.1. The predicted molar refractivity (Wildman–Crippen MR) is 228 cm³/mol. The van der Waals surface area contributed by atoms with E-state index in [0.29, 0.717) is 19.3 Å². The highest BCUT2D eigenvalue weighted by molar-refractivity contribution is 5.71. The van der Waals surface area contributed by atoms with E-state index in [1.54, 1.807) is 0 Å². The number of hydrogen-bond acceptors (Lipinski definition) is 6. The Balaban J connectivity index is 4.24. The molecule has 0 saturated carbocycles. The van der Waals surface area contributed by atoms with E-state index < -0.39 is 6.10 Å². The van der Waals surface area contributed by atoms with Crippen molar-refractivity contribution in [3.05, 3.63) is 60.8 Å². The molecule has 1 unspecified atom stereocenters. The van der Waals surface area contributed by atoms with Crippen LogP contribution in [0.3, 0.4) is 0 Å². The first-order chi connectivity index (χ1) is 26.5. The molecule has 0 saturated heterocycles. The van der Waals surface area contributed by atoms with Crippen LogP contribution in [0, 0.1) is 0 Å². The summed E-state index contributed by atoms with van der Waals surface area (Å²) in [4.78, 5) is 37.5. The van der Waals surface area contributed by atoms with Gasteiger partial charge < -0.3 is 14.2 Å². The molecule has 0 spiro atoms. The zero-order chi connectivity index (χ0) is 39.4. The SMILES string of the molecule is CC/C=C\C/C=C\C/C=C\C/C=C\C/C=C\CCCCCCCC(=O)OCC(COC(=O)CCCCCCCCC)OC(=O)CCCCCCCCCC. The average molecular weight is 755 g/mol. The Labute approximate surface area is 332 Å². The van der Waals surface area contributed by atoms with E-state index in [1.165, 1.54) is 57.8 Å². The Morgan fingerprint density at radius 1 is 0.389 bits per heavy atom. The van der Waals surface area contributed by atoms with E-state index >= 15 is 0 Å². The summed E-state index contributed by atoms with van der Waals surface area (Å²) in [7, 11) is 0. The highest BCUT2D eigenvalue weighted by Gasteiger charge is 2.19. The maximum absolute atomic E-state index is 12.6. The topological polar surface area (TPSA) is 78.9 Å². The first-order valence-corrected chi connectivity index (χ1v) is 22.3. The highest BCUT2D eigenvalue weighted by atomic mass is 16.6. The molecule has 0 radical (unpaired) electrons. The third-order valence-electron chi connectivity index (χ3n) is 9.29. The average Bonchev–Trinajstić information content (AvgIpc) is 3.17. The van der Waals surface area contributed by atoms with Gasteiger partial charge in [-0.15, -0.1) is 0 Å². The Kier molecular flexibility index (Phi) is 40.6. The molecule has 0 rings (SSSR count). The van der Waals surface area contributed by atoms with Crippen molar-refractivity contribution >= 4 is 17.9 Å². The van der Waals surface area contributed by atoms with Crippen molar-refractivity contribution in [2.24, 2.45) is 0 Å². The number of rotatable bonds is 39. The molecule has 0 aromatic heterocycles. The van der Waals surface area contributed by atoms with Crippen LogP contribution in [-0.2, 0) is 28.6 Å². The molecule has 54 heavy (non-hydrogen) atoms. The Hall–Kier alpha value is -2.89. The summed E-state index contributed by atoms with van der Waals surface area (Å²) in [6, 6.07) is 0.